The summed E-state index contributed by atoms with van der Waals surface area (Å²) >= 11 is 0. The summed E-state index contributed by atoms with van der Waals surface area (Å²) in [4.78, 5) is 12.2. The summed E-state index contributed by atoms with van der Waals surface area (Å²) in [6.45, 7) is -0.104. The van der Waals surface area contributed by atoms with Crippen LogP contribution in [0, 0.1) is 0 Å². The number of nitrogens with two attached hydrogens (primary N) is 1. The van der Waals surface area contributed by atoms with Gasteiger partial charge in [0.1, 0.15) is 0 Å². The van der Waals surface area contributed by atoms with Crippen molar-refractivity contribution in [2.75, 3.05) is 6.61 Å². The first-order valence-corrected chi connectivity index (χ1v) is 7.37. The van der Waals surface area contributed by atoms with E-state index in [1.807, 2.05) is 30.3 Å². The molecule has 1 aromatic rings. The normalized spacial score (nSPS) is 19.3. The van der Waals surface area contributed by atoms with Crippen LogP contribution in [0.2, 0.25) is 0 Å². The third kappa shape index (κ3) is 4.05. The number of carbonyl (C=O) groups is 1. The van der Waals surface area contributed by atoms with Gasteiger partial charge in [-0.05, 0) is 18.4 Å². The number of carbonyl (C=O) groups excluding carboxylic acids is 1. The van der Waals surface area contributed by atoms with Gasteiger partial charge in [0, 0.05) is 12.0 Å². The Morgan fingerprint density at radius 1 is 1.25 bits per heavy atom. The predicted molar refractivity (Wildman–Crippen MR) is 79.0 cm³/mol. The van der Waals surface area contributed by atoms with Crippen LogP contribution in [-0.2, 0) is 4.79 Å². The molecule has 0 heterocycles. The average molecular weight is 276 g/mol. The zero-order valence-electron chi connectivity index (χ0n) is 11.8. The van der Waals surface area contributed by atoms with E-state index in [9.17, 15) is 9.90 Å². The lowest BCUT2D eigenvalue weighted by atomic mass is 9.80. The van der Waals surface area contributed by atoms with Gasteiger partial charge in [-0.1, -0.05) is 49.6 Å². The van der Waals surface area contributed by atoms with E-state index in [0.717, 1.165) is 31.2 Å². The molecule has 0 spiro atoms. The van der Waals surface area contributed by atoms with Crippen molar-refractivity contribution >= 4 is 5.91 Å². The Kier molecular flexibility index (Phi) is 5.15. The molecule has 1 aliphatic carbocycles. The van der Waals surface area contributed by atoms with E-state index < -0.39 is 0 Å². The highest BCUT2D eigenvalue weighted by Gasteiger charge is 2.30. The summed E-state index contributed by atoms with van der Waals surface area (Å²) in [6.07, 6.45) is 5.59. The molecule has 0 saturated heterocycles. The minimum atomic E-state index is -0.362. The molecule has 1 aliphatic rings. The lowest BCUT2D eigenvalue weighted by molar-refractivity contribution is -0.123. The molecule has 0 aliphatic heterocycles. The maximum Gasteiger partial charge on any atom is 0.222 e. The van der Waals surface area contributed by atoms with E-state index >= 15 is 0 Å². The van der Waals surface area contributed by atoms with Crippen LogP contribution in [0.1, 0.15) is 50.1 Å². The lowest BCUT2D eigenvalue weighted by Gasteiger charge is -2.33. The lowest BCUT2D eigenvalue weighted by Crippen LogP contribution is -2.46. The second-order valence-electron chi connectivity index (χ2n) is 5.81. The zero-order chi connectivity index (χ0) is 14.4. The molecular formula is C16H24N2O2. The Morgan fingerprint density at radius 3 is 2.50 bits per heavy atom. The first-order chi connectivity index (χ1) is 9.63. The van der Waals surface area contributed by atoms with Gasteiger partial charge >= 0.3 is 0 Å². The molecule has 20 heavy (non-hydrogen) atoms. The number of hydrogen-bond donors (Lipinski definition) is 3. The minimum absolute atomic E-state index is 0.0719. The van der Waals surface area contributed by atoms with Crippen LogP contribution in [0.15, 0.2) is 30.3 Å². The van der Waals surface area contributed by atoms with Gasteiger partial charge in [0.05, 0.1) is 12.6 Å². The average Bonchev–Trinajstić information content (AvgIpc) is 2.46. The minimum Gasteiger partial charge on any atom is -0.394 e. The quantitative estimate of drug-likeness (QED) is 0.768. The number of aliphatic hydroxyl groups excluding tert-OH is 1. The van der Waals surface area contributed by atoms with Crippen LogP contribution in [0.4, 0.5) is 0 Å². The molecule has 4 nitrogen and oxygen atoms in total. The molecule has 1 aromatic carbocycles. The SMILES string of the molecule is NC1(CC(=O)N[C@@H](CO)c2ccccc2)CCCCC1. The first kappa shape index (κ1) is 15.0. The van der Waals surface area contributed by atoms with E-state index in [0.29, 0.717) is 6.42 Å². The van der Waals surface area contributed by atoms with Crippen molar-refractivity contribution in [2.24, 2.45) is 5.73 Å². The zero-order valence-corrected chi connectivity index (χ0v) is 11.8. The van der Waals surface area contributed by atoms with Crippen molar-refractivity contribution in [1.29, 1.82) is 0 Å². The van der Waals surface area contributed by atoms with Crippen LogP contribution in [0.3, 0.4) is 0 Å². The number of aliphatic hydroxyl groups is 1. The van der Waals surface area contributed by atoms with Crippen molar-refractivity contribution in [3.05, 3.63) is 35.9 Å². The first-order valence-electron chi connectivity index (χ1n) is 7.37. The molecule has 2 rings (SSSR count). The van der Waals surface area contributed by atoms with Gasteiger partial charge in [-0.3, -0.25) is 4.79 Å². The molecule has 1 amide bonds. The predicted octanol–water partition coefficient (Wildman–Crippen LogP) is 1.89. The maximum atomic E-state index is 12.2. The summed E-state index contributed by atoms with van der Waals surface area (Å²) in [6, 6.07) is 9.16. The summed E-state index contributed by atoms with van der Waals surface area (Å²) in [5.41, 5.74) is 6.85. The number of hydrogen-bond acceptors (Lipinski definition) is 3. The van der Waals surface area contributed by atoms with Crippen LogP contribution in [0.25, 0.3) is 0 Å². The molecule has 1 fully saturated rings. The Bertz CT molecular complexity index is 427. The number of amides is 1. The van der Waals surface area contributed by atoms with Crippen molar-refractivity contribution in [3.8, 4) is 0 Å². The van der Waals surface area contributed by atoms with E-state index in [2.05, 4.69) is 5.32 Å². The van der Waals surface area contributed by atoms with Crippen LogP contribution in [0.5, 0.6) is 0 Å². The molecule has 1 atom stereocenters. The number of rotatable bonds is 5. The topological polar surface area (TPSA) is 75.4 Å². The molecule has 4 N–H and O–H groups in total. The molecule has 110 valence electrons. The third-order valence-corrected chi connectivity index (χ3v) is 4.08. The van der Waals surface area contributed by atoms with E-state index in [-0.39, 0.29) is 24.1 Å². The van der Waals surface area contributed by atoms with Gasteiger partial charge in [-0.25, -0.2) is 0 Å². The largest absolute Gasteiger partial charge is 0.394 e. The summed E-state index contributed by atoms with van der Waals surface area (Å²) in [5, 5.41) is 12.3. The second-order valence-corrected chi connectivity index (χ2v) is 5.81. The molecule has 0 bridgehead atoms. The van der Waals surface area contributed by atoms with Crippen molar-refractivity contribution in [2.45, 2.75) is 50.1 Å². The fraction of sp³-hybridized carbons (Fsp3) is 0.562. The summed E-state index contributed by atoms with van der Waals surface area (Å²) in [5.74, 6) is -0.0719. The second kappa shape index (κ2) is 6.86. The number of nitrogens with one attached hydrogen (secondary N) is 1. The van der Waals surface area contributed by atoms with Crippen LogP contribution in [-0.4, -0.2) is 23.2 Å². The summed E-state index contributed by atoms with van der Waals surface area (Å²) in [7, 11) is 0. The highest BCUT2D eigenvalue weighted by molar-refractivity contribution is 5.77. The third-order valence-electron chi connectivity index (χ3n) is 4.08. The Hall–Kier alpha value is -1.39. The monoisotopic (exact) mass is 276 g/mol. The molecule has 1 saturated carbocycles. The van der Waals surface area contributed by atoms with Crippen molar-refractivity contribution < 1.29 is 9.90 Å². The van der Waals surface area contributed by atoms with Crippen LogP contribution < -0.4 is 11.1 Å². The molecular weight excluding hydrogens is 252 g/mol. The Balaban J connectivity index is 1.92. The van der Waals surface area contributed by atoms with Gasteiger partial charge in [0.25, 0.3) is 0 Å². The molecule has 0 radical (unpaired) electrons. The highest BCUT2D eigenvalue weighted by atomic mass is 16.3. The fourth-order valence-corrected chi connectivity index (χ4v) is 2.92. The van der Waals surface area contributed by atoms with Gasteiger partial charge in [-0.15, -0.1) is 0 Å². The molecule has 0 unspecified atom stereocenters. The molecule has 4 heteroatoms. The molecule has 0 aromatic heterocycles. The Morgan fingerprint density at radius 2 is 1.90 bits per heavy atom. The van der Waals surface area contributed by atoms with Crippen LogP contribution >= 0.6 is 0 Å². The van der Waals surface area contributed by atoms with Gasteiger partial charge in [-0.2, -0.15) is 0 Å². The standard InChI is InChI=1S/C16H24N2O2/c17-16(9-5-2-6-10-16)11-15(20)18-14(12-19)13-7-3-1-4-8-13/h1,3-4,7-8,14,19H,2,5-6,9-12,17H2,(H,18,20)/t14-/m0/s1. The van der Waals surface area contributed by atoms with E-state index in [1.54, 1.807) is 0 Å². The van der Waals surface area contributed by atoms with Crippen molar-refractivity contribution in [3.63, 3.8) is 0 Å². The highest BCUT2D eigenvalue weighted by Crippen LogP contribution is 2.28. The maximum absolute atomic E-state index is 12.2. The van der Waals surface area contributed by atoms with Gasteiger partial charge < -0.3 is 16.2 Å². The number of benzene rings is 1. The fourth-order valence-electron chi connectivity index (χ4n) is 2.92. The van der Waals surface area contributed by atoms with Gasteiger partial charge in [0.15, 0.2) is 0 Å². The smallest absolute Gasteiger partial charge is 0.222 e. The van der Waals surface area contributed by atoms with E-state index in [4.69, 9.17) is 5.73 Å². The Labute approximate surface area is 120 Å². The summed E-state index contributed by atoms with van der Waals surface area (Å²) < 4.78 is 0. The van der Waals surface area contributed by atoms with Gasteiger partial charge in [0.2, 0.25) is 5.91 Å². The van der Waals surface area contributed by atoms with Crippen molar-refractivity contribution in [1.82, 2.24) is 5.32 Å². The van der Waals surface area contributed by atoms with E-state index in [1.165, 1.54) is 6.42 Å².